The van der Waals surface area contributed by atoms with Crippen LogP contribution < -0.4 is 15.2 Å². The monoisotopic (exact) mass is 508 g/mol. The molecule has 3 aromatic heterocycles. The number of thiophene rings is 1. The van der Waals surface area contributed by atoms with Gasteiger partial charge < -0.3 is 24.7 Å². The molecule has 1 aromatic carbocycles. The van der Waals surface area contributed by atoms with Gasteiger partial charge in [0.15, 0.2) is 33.6 Å². The lowest BCUT2D eigenvalue weighted by Gasteiger charge is -2.29. The summed E-state index contributed by atoms with van der Waals surface area (Å²) in [5, 5.41) is 5.00. The Balaban J connectivity index is 1.35. The van der Waals surface area contributed by atoms with E-state index in [0.717, 1.165) is 83.6 Å². The number of piperidine rings is 1. The van der Waals surface area contributed by atoms with Crippen LogP contribution in [0.4, 0.5) is 5.82 Å². The normalized spacial score (nSPS) is 15.7. The maximum absolute atomic E-state index is 11.1. The molecule has 0 aliphatic carbocycles. The number of imidazole rings is 1. The number of hydrogen-bond acceptors (Lipinski definition) is 9. The second-order valence-corrected chi connectivity index (χ2v) is 10.5. The van der Waals surface area contributed by atoms with Crippen LogP contribution in [0.1, 0.15) is 19.3 Å². The molecule has 6 rings (SSSR count). The van der Waals surface area contributed by atoms with Crippen LogP contribution in [0.3, 0.4) is 0 Å². The van der Waals surface area contributed by atoms with Gasteiger partial charge in [0.1, 0.15) is 6.33 Å². The number of amides is 1. The van der Waals surface area contributed by atoms with Crippen LogP contribution in [0.2, 0.25) is 0 Å². The number of nitrogens with zero attached hydrogens (tertiary/aromatic N) is 5. The topological polar surface area (TPSA) is 108 Å². The number of ether oxygens (including phenoxy) is 2. The number of nitrogens with two attached hydrogens (primary N) is 1. The first-order chi connectivity index (χ1) is 17.2. The summed E-state index contributed by atoms with van der Waals surface area (Å²) in [6.07, 6.45) is 5.44. The number of anilines is 1. The highest BCUT2D eigenvalue weighted by Gasteiger charge is 2.24. The lowest BCUT2D eigenvalue weighted by Crippen LogP contribution is -2.32. The van der Waals surface area contributed by atoms with E-state index < -0.39 is 0 Å². The number of benzene rings is 1. The molecule has 0 unspecified atom stereocenters. The molecule has 0 atom stereocenters. The third kappa shape index (κ3) is 4.30. The fourth-order valence-corrected chi connectivity index (χ4v) is 6.35. The summed E-state index contributed by atoms with van der Waals surface area (Å²) in [5.74, 6) is 2.41. The molecule has 2 N–H and O–H groups in total. The van der Waals surface area contributed by atoms with E-state index in [9.17, 15) is 4.79 Å². The number of rotatable bonds is 7. The number of fused-ring (bicyclic) bond motifs is 2. The fourth-order valence-electron chi connectivity index (χ4n) is 4.62. The van der Waals surface area contributed by atoms with Gasteiger partial charge in [-0.25, -0.2) is 15.0 Å². The van der Waals surface area contributed by atoms with Gasteiger partial charge in [0.2, 0.25) is 13.2 Å². The highest BCUT2D eigenvalue weighted by atomic mass is 32.2. The smallest absolute Gasteiger partial charge is 0.231 e. The average molecular weight is 509 g/mol. The van der Waals surface area contributed by atoms with Crippen molar-refractivity contribution in [1.29, 1.82) is 0 Å². The van der Waals surface area contributed by atoms with E-state index in [4.69, 9.17) is 20.2 Å². The van der Waals surface area contributed by atoms with E-state index in [0.29, 0.717) is 17.3 Å². The van der Waals surface area contributed by atoms with Crippen LogP contribution in [-0.2, 0) is 11.3 Å². The van der Waals surface area contributed by atoms with Gasteiger partial charge in [-0.2, -0.15) is 11.3 Å². The Hall–Kier alpha value is -3.31. The third-order valence-electron chi connectivity index (χ3n) is 6.59. The maximum Gasteiger partial charge on any atom is 0.231 e. The number of carbonyl (C=O) groups is 1. The SMILES string of the molecule is Nc1ncnc2c1nc(Sc1cc3c(cc1-c1ccsc1)OCO3)n2CCC1CCN(C=O)CC1. The lowest BCUT2D eigenvalue weighted by molar-refractivity contribution is -0.119. The van der Waals surface area contributed by atoms with E-state index in [1.165, 1.54) is 6.33 Å². The van der Waals surface area contributed by atoms with Gasteiger partial charge in [0.25, 0.3) is 0 Å². The van der Waals surface area contributed by atoms with E-state index in [-0.39, 0.29) is 6.79 Å². The molecule has 2 aliphatic heterocycles. The minimum Gasteiger partial charge on any atom is -0.454 e. The van der Waals surface area contributed by atoms with Gasteiger partial charge in [0.05, 0.1) is 0 Å². The minimum absolute atomic E-state index is 0.222. The Bertz CT molecular complexity index is 1370. The van der Waals surface area contributed by atoms with Crippen molar-refractivity contribution in [1.82, 2.24) is 24.4 Å². The van der Waals surface area contributed by atoms with E-state index in [1.54, 1.807) is 23.1 Å². The van der Waals surface area contributed by atoms with Crippen LogP contribution in [0, 0.1) is 5.92 Å². The zero-order chi connectivity index (χ0) is 23.8. The van der Waals surface area contributed by atoms with Crippen molar-refractivity contribution in [2.75, 3.05) is 25.6 Å². The second kappa shape index (κ2) is 9.38. The van der Waals surface area contributed by atoms with Crippen LogP contribution in [-0.4, -0.2) is 50.7 Å². The number of likely N-dealkylation sites (tertiary alicyclic amines) is 1. The number of aromatic nitrogens is 4. The molecule has 0 radical (unpaired) electrons. The summed E-state index contributed by atoms with van der Waals surface area (Å²) in [6.45, 7) is 2.62. The molecule has 1 amide bonds. The highest BCUT2D eigenvalue weighted by molar-refractivity contribution is 7.99. The third-order valence-corrected chi connectivity index (χ3v) is 8.33. The number of nitrogen functional groups attached to an aromatic ring is 1. The quantitative estimate of drug-likeness (QED) is 0.369. The Morgan fingerprint density at radius 1 is 1.20 bits per heavy atom. The summed E-state index contributed by atoms with van der Waals surface area (Å²) >= 11 is 3.23. The average Bonchev–Trinajstić information content (AvgIpc) is 3.63. The molecule has 35 heavy (non-hydrogen) atoms. The Morgan fingerprint density at radius 2 is 2.03 bits per heavy atom. The number of hydrogen-bond donors (Lipinski definition) is 1. The predicted molar refractivity (Wildman–Crippen MR) is 135 cm³/mol. The molecular weight excluding hydrogens is 484 g/mol. The lowest BCUT2D eigenvalue weighted by atomic mass is 9.94. The predicted octanol–water partition coefficient (Wildman–Crippen LogP) is 4.28. The molecule has 0 saturated carbocycles. The van der Waals surface area contributed by atoms with Gasteiger partial charge in [-0.15, -0.1) is 0 Å². The van der Waals surface area contributed by atoms with Crippen molar-refractivity contribution in [3.8, 4) is 22.6 Å². The van der Waals surface area contributed by atoms with Gasteiger partial charge in [-0.1, -0.05) is 11.8 Å². The van der Waals surface area contributed by atoms with Crippen molar-refractivity contribution in [2.45, 2.75) is 35.9 Å². The molecule has 1 saturated heterocycles. The van der Waals surface area contributed by atoms with Crippen molar-refractivity contribution < 1.29 is 14.3 Å². The molecule has 0 spiro atoms. The summed E-state index contributed by atoms with van der Waals surface area (Å²) in [4.78, 5) is 27.5. The molecule has 5 heterocycles. The summed E-state index contributed by atoms with van der Waals surface area (Å²) in [5.41, 5.74) is 9.72. The van der Waals surface area contributed by atoms with Crippen LogP contribution >= 0.6 is 23.1 Å². The largest absolute Gasteiger partial charge is 0.454 e. The van der Waals surface area contributed by atoms with Gasteiger partial charge in [-0.05, 0) is 59.7 Å². The van der Waals surface area contributed by atoms with Crippen LogP contribution in [0.5, 0.6) is 11.5 Å². The summed E-state index contributed by atoms with van der Waals surface area (Å²) in [7, 11) is 0. The van der Waals surface area contributed by atoms with Gasteiger partial charge >= 0.3 is 0 Å². The number of carbonyl (C=O) groups excluding carboxylic acids is 1. The standard InChI is InChI=1S/C24H24N6O3S2/c25-22-21-23(27-12-26-22)30(7-3-15-1-5-29(13-31)6-2-15)24(28-21)35-20-10-19-18(32-14-33-19)9-17(20)16-4-8-34-11-16/h4,8-13,15H,1-3,5-7,14H2,(H2,25,26,27). The van der Waals surface area contributed by atoms with Crippen molar-refractivity contribution in [2.24, 2.45) is 5.92 Å². The maximum atomic E-state index is 11.1. The molecule has 1 fully saturated rings. The van der Waals surface area contributed by atoms with Crippen LogP contribution in [0.25, 0.3) is 22.3 Å². The molecule has 180 valence electrons. The number of aryl methyl sites for hydroxylation is 1. The zero-order valence-electron chi connectivity index (χ0n) is 18.9. The first-order valence-electron chi connectivity index (χ1n) is 11.5. The van der Waals surface area contributed by atoms with E-state index >= 15 is 0 Å². The first-order valence-corrected chi connectivity index (χ1v) is 13.3. The molecule has 11 heteroatoms. The summed E-state index contributed by atoms with van der Waals surface area (Å²) in [6, 6.07) is 6.16. The fraction of sp³-hybridized carbons (Fsp3) is 0.333. The minimum atomic E-state index is 0.222. The van der Waals surface area contributed by atoms with Crippen molar-refractivity contribution >= 4 is 46.5 Å². The zero-order valence-corrected chi connectivity index (χ0v) is 20.6. The highest BCUT2D eigenvalue weighted by Crippen LogP contribution is 2.45. The Morgan fingerprint density at radius 3 is 2.80 bits per heavy atom. The van der Waals surface area contributed by atoms with Crippen molar-refractivity contribution in [3.05, 3.63) is 35.3 Å². The molecule has 9 nitrogen and oxygen atoms in total. The molecule has 4 aromatic rings. The van der Waals surface area contributed by atoms with Gasteiger partial charge in [0, 0.05) is 30.1 Å². The first kappa shape index (κ1) is 22.2. The Kier molecular flexibility index (Phi) is 5.95. The molecule has 2 aliphatic rings. The second-order valence-electron chi connectivity index (χ2n) is 8.67. The molecule has 0 bridgehead atoms. The summed E-state index contributed by atoms with van der Waals surface area (Å²) < 4.78 is 13.5. The van der Waals surface area contributed by atoms with Crippen molar-refractivity contribution in [3.63, 3.8) is 0 Å². The molecular formula is C24H24N6O3S2. The van der Waals surface area contributed by atoms with Gasteiger partial charge in [-0.3, -0.25) is 4.79 Å². The van der Waals surface area contributed by atoms with E-state index in [1.807, 2.05) is 17.0 Å². The van der Waals surface area contributed by atoms with E-state index in [2.05, 4.69) is 31.4 Å². The van der Waals surface area contributed by atoms with Crippen LogP contribution in [0.15, 0.2) is 45.3 Å². The Labute approximate surface area is 210 Å².